The molecule has 0 aliphatic rings. The van der Waals surface area contributed by atoms with Crippen LogP contribution in [0.5, 0.6) is 0 Å². The molecule has 0 heterocycles. The number of rotatable bonds is 6. The molecule has 0 saturated carbocycles. The van der Waals surface area contributed by atoms with Crippen LogP contribution in [-0.2, 0) is 4.79 Å². The van der Waals surface area contributed by atoms with E-state index in [0.29, 0.717) is 5.02 Å². The summed E-state index contributed by atoms with van der Waals surface area (Å²) in [5.41, 5.74) is 1.58. The van der Waals surface area contributed by atoms with E-state index in [1.807, 2.05) is 42.5 Å². The lowest BCUT2D eigenvalue weighted by Gasteiger charge is -2.18. The smallest absolute Gasteiger partial charge is 0.234 e. The van der Waals surface area contributed by atoms with Crippen LogP contribution in [0.15, 0.2) is 72.8 Å². The van der Waals surface area contributed by atoms with E-state index in [9.17, 15) is 13.6 Å². The highest BCUT2D eigenvalue weighted by Gasteiger charge is 2.18. The fourth-order valence-corrected chi connectivity index (χ4v) is 3.82. The molecule has 0 aliphatic carbocycles. The number of hydrogen-bond acceptors (Lipinski definition) is 2. The highest BCUT2D eigenvalue weighted by Crippen LogP contribution is 2.36. The molecule has 3 rings (SSSR count). The molecule has 0 aromatic heterocycles. The summed E-state index contributed by atoms with van der Waals surface area (Å²) in [4.78, 5) is 12.3. The average molecular weight is 404 g/mol. The van der Waals surface area contributed by atoms with Crippen molar-refractivity contribution >= 4 is 35.0 Å². The topological polar surface area (TPSA) is 29.1 Å². The summed E-state index contributed by atoms with van der Waals surface area (Å²) >= 11 is 7.34. The van der Waals surface area contributed by atoms with Crippen LogP contribution in [0.2, 0.25) is 5.02 Å². The number of para-hydroxylation sites is 1. The van der Waals surface area contributed by atoms with E-state index in [4.69, 9.17) is 11.6 Å². The SMILES string of the molecule is O=C(CS[C@H](c1ccccc1)c1ccc(Cl)cc1)Nc1c(F)cccc1F. The van der Waals surface area contributed by atoms with Gasteiger partial charge >= 0.3 is 0 Å². The Morgan fingerprint density at radius 3 is 2.11 bits per heavy atom. The number of carbonyl (C=O) groups is 1. The third-order valence-electron chi connectivity index (χ3n) is 3.88. The van der Waals surface area contributed by atoms with Gasteiger partial charge in [0.25, 0.3) is 0 Å². The molecular formula is C21H16ClF2NOS. The van der Waals surface area contributed by atoms with Crippen molar-refractivity contribution in [1.29, 1.82) is 0 Å². The van der Waals surface area contributed by atoms with Crippen molar-refractivity contribution in [3.05, 3.63) is 101 Å². The minimum atomic E-state index is -0.800. The zero-order valence-corrected chi connectivity index (χ0v) is 15.7. The predicted octanol–water partition coefficient (Wildman–Crippen LogP) is 6.08. The first kappa shape index (κ1) is 19.4. The number of halogens is 3. The van der Waals surface area contributed by atoms with Gasteiger partial charge in [-0.1, -0.05) is 60.1 Å². The van der Waals surface area contributed by atoms with Gasteiger partial charge in [0.2, 0.25) is 5.91 Å². The van der Waals surface area contributed by atoms with Crippen molar-refractivity contribution in [2.45, 2.75) is 5.25 Å². The lowest BCUT2D eigenvalue weighted by Crippen LogP contribution is -2.17. The molecule has 3 aromatic rings. The molecule has 0 spiro atoms. The van der Waals surface area contributed by atoms with Gasteiger partial charge in [-0.05, 0) is 35.4 Å². The molecule has 0 unspecified atom stereocenters. The maximum atomic E-state index is 13.7. The summed E-state index contributed by atoms with van der Waals surface area (Å²) in [5, 5.41) is 2.83. The Morgan fingerprint density at radius 2 is 1.48 bits per heavy atom. The first-order chi connectivity index (χ1) is 13.0. The van der Waals surface area contributed by atoms with Gasteiger partial charge in [-0.2, -0.15) is 0 Å². The highest BCUT2D eigenvalue weighted by molar-refractivity contribution is 8.00. The summed E-state index contributed by atoms with van der Waals surface area (Å²) in [5.74, 6) is -2.04. The van der Waals surface area contributed by atoms with E-state index in [1.165, 1.54) is 17.8 Å². The normalized spacial score (nSPS) is 11.8. The van der Waals surface area contributed by atoms with E-state index >= 15 is 0 Å². The minimum absolute atomic E-state index is 0.0377. The Balaban J connectivity index is 1.75. The second-order valence-electron chi connectivity index (χ2n) is 5.80. The molecular weight excluding hydrogens is 388 g/mol. The molecule has 0 radical (unpaired) electrons. The summed E-state index contributed by atoms with van der Waals surface area (Å²) in [7, 11) is 0. The number of amides is 1. The molecule has 6 heteroatoms. The Hall–Kier alpha value is -2.37. The zero-order chi connectivity index (χ0) is 19.2. The minimum Gasteiger partial charge on any atom is -0.320 e. The second-order valence-corrected chi connectivity index (χ2v) is 7.33. The van der Waals surface area contributed by atoms with Gasteiger partial charge in [-0.15, -0.1) is 11.8 Å². The lowest BCUT2D eigenvalue weighted by molar-refractivity contribution is -0.113. The van der Waals surface area contributed by atoms with Gasteiger partial charge in [-0.25, -0.2) is 8.78 Å². The van der Waals surface area contributed by atoms with Crippen molar-refractivity contribution in [1.82, 2.24) is 0 Å². The van der Waals surface area contributed by atoms with E-state index in [1.54, 1.807) is 12.1 Å². The number of thioether (sulfide) groups is 1. The van der Waals surface area contributed by atoms with E-state index < -0.39 is 23.2 Å². The summed E-state index contributed by atoms with van der Waals surface area (Å²) in [6.45, 7) is 0. The number of benzene rings is 3. The molecule has 0 aliphatic heterocycles. The summed E-state index contributed by atoms with van der Waals surface area (Å²) in [6.07, 6.45) is 0. The molecule has 27 heavy (non-hydrogen) atoms. The van der Waals surface area contributed by atoms with Crippen LogP contribution in [0.4, 0.5) is 14.5 Å². The molecule has 1 amide bonds. The van der Waals surface area contributed by atoms with Crippen LogP contribution in [0.3, 0.4) is 0 Å². The Bertz CT molecular complexity index is 899. The largest absolute Gasteiger partial charge is 0.320 e. The molecule has 3 aromatic carbocycles. The van der Waals surface area contributed by atoms with E-state index in [-0.39, 0.29) is 11.0 Å². The molecule has 2 nitrogen and oxygen atoms in total. The lowest BCUT2D eigenvalue weighted by atomic mass is 10.0. The van der Waals surface area contributed by atoms with Crippen molar-refractivity contribution < 1.29 is 13.6 Å². The standard InChI is InChI=1S/C21H16ClF2NOS/c22-16-11-9-15(10-12-16)21(14-5-2-1-3-6-14)27-13-19(26)25-20-17(23)7-4-8-18(20)24/h1-12,21H,13H2,(H,25,26)/t21-/m1/s1. The monoisotopic (exact) mass is 403 g/mol. The maximum absolute atomic E-state index is 13.7. The maximum Gasteiger partial charge on any atom is 0.234 e. The van der Waals surface area contributed by atoms with Crippen LogP contribution < -0.4 is 5.32 Å². The number of carbonyl (C=O) groups excluding carboxylic acids is 1. The van der Waals surface area contributed by atoms with Crippen LogP contribution >= 0.6 is 23.4 Å². The Kier molecular flexibility index (Phi) is 6.48. The number of anilines is 1. The van der Waals surface area contributed by atoms with Crippen molar-refractivity contribution in [2.75, 3.05) is 11.1 Å². The third kappa shape index (κ3) is 5.08. The fourth-order valence-electron chi connectivity index (χ4n) is 2.60. The van der Waals surface area contributed by atoms with Gasteiger partial charge in [0, 0.05) is 5.02 Å². The number of nitrogens with one attached hydrogen (secondary N) is 1. The van der Waals surface area contributed by atoms with Gasteiger partial charge in [-0.3, -0.25) is 4.79 Å². The fraction of sp³-hybridized carbons (Fsp3) is 0.0952. The van der Waals surface area contributed by atoms with Gasteiger partial charge < -0.3 is 5.32 Å². The molecule has 0 saturated heterocycles. The van der Waals surface area contributed by atoms with E-state index in [2.05, 4.69) is 5.32 Å². The van der Waals surface area contributed by atoms with Crippen molar-refractivity contribution in [3.8, 4) is 0 Å². The predicted molar refractivity (Wildman–Crippen MR) is 107 cm³/mol. The van der Waals surface area contributed by atoms with Crippen LogP contribution in [0.25, 0.3) is 0 Å². The first-order valence-electron chi connectivity index (χ1n) is 8.20. The van der Waals surface area contributed by atoms with Crippen LogP contribution in [0, 0.1) is 11.6 Å². The van der Waals surface area contributed by atoms with Gasteiger partial charge in [0.1, 0.15) is 17.3 Å². The van der Waals surface area contributed by atoms with Gasteiger partial charge in [0.15, 0.2) is 0 Å². The molecule has 0 fully saturated rings. The molecule has 1 N–H and O–H groups in total. The van der Waals surface area contributed by atoms with Crippen molar-refractivity contribution in [2.24, 2.45) is 0 Å². The average Bonchev–Trinajstić information content (AvgIpc) is 2.67. The quantitative estimate of drug-likeness (QED) is 0.540. The highest BCUT2D eigenvalue weighted by atomic mass is 35.5. The zero-order valence-electron chi connectivity index (χ0n) is 14.2. The molecule has 0 bridgehead atoms. The van der Waals surface area contributed by atoms with E-state index in [0.717, 1.165) is 23.3 Å². The first-order valence-corrected chi connectivity index (χ1v) is 9.63. The molecule has 138 valence electrons. The number of hydrogen-bond donors (Lipinski definition) is 1. The Labute approximate surface area is 165 Å². The molecule has 1 atom stereocenters. The summed E-state index contributed by atoms with van der Waals surface area (Å²) < 4.78 is 27.4. The van der Waals surface area contributed by atoms with Gasteiger partial charge in [0.05, 0.1) is 11.0 Å². The third-order valence-corrected chi connectivity index (χ3v) is 5.44. The van der Waals surface area contributed by atoms with Crippen LogP contribution in [0.1, 0.15) is 16.4 Å². The van der Waals surface area contributed by atoms with Crippen molar-refractivity contribution in [3.63, 3.8) is 0 Å². The summed E-state index contributed by atoms with van der Waals surface area (Å²) in [6, 6.07) is 20.6. The van der Waals surface area contributed by atoms with Crippen LogP contribution in [-0.4, -0.2) is 11.7 Å². The second kappa shape index (κ2) is 9.02. The Morgan fingerprint density at radius 1 is 0.889 bits per heavy atom.